The van der Waals surface area contributed by atoms with Crippen molar-refractivity contribution in [1.82, 2.24) is 14.7 Å². The summed E-state index contributed by atoms with van der Waals surface area (Å²) in [5.74, 6) is 1.09. The van der Waals surface area contributed by atoms with Crippen LogP contribution in [0.4, 0.5) is 0 Å². The monoisotopic (exact) mass is 378 g/mol. The number of carbonyl (C=O) groups excluding carboxylic acids is 1. The Kier molecular flexibility index (Phi) is 4.16. The summed E-state index contributed by atoms with van der Waals surface area (Å²) in [6.45, 7) is 5.95. The topological polar surface area (TPSA) is 86.9 Å². The fraction of sp³-hybridized carbons (Fsp3) is 0.150. The van der Waals surface area contributed by atoms with Crippen LogP contribution < -0.4 is 5.73 Å². The van der Waals surface area contributed by atoms with Gasteiger partial charge in [0.05, 0.1) is 5.69 Å². The van der Waals surface area contributed by atoms with Crippen LogP contribution in [0.1, 0.15) is 27.5 Å². The summed E-state index contributed by atoms with van der Waals surface area (Å²) < 4.78 is 7.27. The van der Waals surface area contributed by atoms with Gasteiger partial charge in [-0.2, -0.15) is 0 Å². The number of carbonyl (C=O) groups is 1. The number of benzene rings is 1. The van der Waals surface area contributed by atoms with Crippen molar-refractivity contribution in [2.75, 3.05) is 0 Å². The van der Waals surface area contributed by atoms with E-state index >= 15 is 0 Å². The van der Waals surface area contributed by atoms with E-state index in [-0.39, 0.29) is 0 Å². The number of amides is 1. The third-order valence-electron chi connectivity index (χ3n) is 4.45. The van der Waals surface area contributed by atoms with Crippen LogP contribution in [0.15, 0.2) is 46.3 Å². The van der Waals surface area contributed by atoms with Gasteiger partial charge < -0.3 is 10.3 Å². The molecule has 7 heteroatoms. The lowest BCUT2D eigenvalue weighted by Gasteiger charge is -2.04. The van der Waals surface area contributed by atoms with E-state index in [1.807, 2.05) is 44.4 Å². The Balaban J connectivity index is 1.74. The third kappa shape index (κ3) is 3.06. The maximum absolute atomic E-state index is 11.4. The zero-order chi connectivity index (χ0) is 19.1. The van der Waals surface area contributed by atoms with Gasteiger partial charge in [0.15, 0.2) is 5.82 Å². The Hall–Kier alpha value is -3.19. The van der Waals surface area contributed by atoms with E-state index in [2.05, 4.69) is 15.8 Å². The van der Waals surface area contributed by atoms with Crippen LogP contribution in [-0.2, 0) is 0 Å². The highest BCUT2D eigenvalue weighted by atomic mass is 32.1. The number of hydrogen-bond acceptors (Lipinski definition) is 5. The molecule has 6 nitrogen and oxygen atoms in total. The molecule has 3 heterocycles. The Morgan fingerprint density at radius 2 is 2.00 bits per heavy atom. The first-order valence-electron chi connectivity index (χ1n) is 8.43. The molecule has 0 aliphatic rings. The average Bonchev–Trinajstić information content (AvgIpc) is 3.35. The minimum Gasteiger partial charge on any atom is -0.366 e. The van der Waals surface area contributed by atoms with E-state index < -0.39 is 5.91 Å². The summed E-state index contributed by atoms with van der Waals surface area (Å²) in [4.78, 5) is 16.2. The number of nitrogens with zero attached hydrogens (tertiary/aromatic N) is 3. The van der Waals surface area contributed by atoms with Crippen molar-refractivity contribution < 1.29 is 9.32 Å². The molecule has 0 spiro atoms. The number of rotatable bonds is 4. The second-order valence-electron chi connectivity index (χ2n) is 6.40. The minimum atomic E-state index is -0.444. The van der Waals surface area contributed by atoms with Gasteiger partial charge in [-0.25, -0.2) is 4.98 Å². The predicted molar refractivity (Wildman–Crippen MR) is 105 cm³/mol. The smallest absolute Gasteiger partial charge is 0.248 e. The highest BCUT2D eigenvalue weighted by molar-refractivity contribution is 7.13. The Morgan fingerprint density at radius 3 is 2.70 bits per heavy atom. The van der Waals surface area contributed by atoms with Crippen LogP contribution in [0.3, 0.4) is 0 Å². The largest absolute Gasteiger partial charge is 0.366 e. The summed E-state index contributed by atoms with van der Waals surface area (Å²) in [6, 6.07) is 11.2. The Bertz CT molecular complexity index is 1150. The molecule has 136 valence electrons. The quantitative estimate of drug-likeness (QED) is 0.574. The summed E-state index contributed by atoms with van der Waals surface area (Å²) in [5.41, 5.74) is 10.8. The lowest BCUT2D eigenvalue weighted by Crippen LogP contribution is -2.10. The molecule has 27 heavy (non-hydrogen) atoms. The molecule has 0 fully saturated rings. The molecule has 0 saturated heterocycles. The summed E-state index contributed by atoms with van der Waals surface area (Å²) in [6.07, 6.45) is 0. The van der Waals surface area contributed by atoms with E-state index in [9.17, 15) is 4.79 Å². The molecule has 0 radical (unpaired) electrons. The van der Waals surface area contributed by atoms with Gasteiger partial charge in [0.1, 0.15) is 10.8 Å². The molecular formula is C20H18N4O2S. The lowest BCUT2D eigenvalue weighted by molar-refractivity contribution is 0.100. The standard InChI is InChI=1S/C20H18N4O2S/c1-11-7-16(13(3)24(11)18-8-12(2)26-23-18)17-10-27-20(22-17)15-6-4-5-14(9-15)19(21)25/h4-10H,1-3H3,(H2,21,25). The molecule has 2 N–H and O–H groups in total. The molecule has 4 rings (SSSR count). The van der Waals surface area contributed by atoms with E-state index in [0.29, 0.717) is 5.56 Å². The van der Waals surface area contributed by atoms with Crippen LogP contribution in [0.25, 0.3) is 27.6 Å². The van der Waals surface area contributed by atoms with Crippen LogP contribution in [0, 0.1) is 20.8 Å². The molecule has 1 amide bonds. The normalized spacial score (nSPS) is 11.1. The van der Waals surface area contributed by atoms with Gasteiger partial charge in [-0.1, -0.05) is 17.3 Å². The van der Waals surface area contributed by atoms with E-state index in [0.717, 1.165) is 44.8 Å². The summed E-state index contributed by atoms with van der Waals surface area (Å²) in [7, 11) is 0. The van der Waals surface area contributed by atoms with Crippen molar-refractivity contribution in [3.05, 3.63) is 64.5 Å². The number of nitrogens with two attached hydrogens (primary N) is 1. The Morgan fingerprint density at radius 1 is 1.19 bits per heavy atom. The van der Waals surface area contributed by atoms with Crippen molar-refractivity contribution in [3.63, 3.8) is 0 Å². The van der Waals surface area contributed by atoms with Gasteiger partial charge in [0.2, 0.25) is 5.91 Å². The van der Waals surface area contributed by atoms with Gasteiger partial charge in [-0.15, -0.1) is 11.3 Å². The number of thiazole rings is 1. The van der Waals surface area contributed by atoms with Gasteiger partial charge in [0, 0.05) is 39.5 Å². The predicted octanol–water partition coefficient (Wildman–Crippen LogP) is 4.28. The maximum atomic E-state index is 11.4. The molecule has 3 aromatic heterocycles. The third-order valence-corrected chi connectivity index (χ3v) is 5.34. The van der Waals surface area contributed by atoms with Crippen molar-refractivity contribution in [2.45, 2.75) is 20.8 Å². The number of primary amides is 1. The summed E-state index contributed by atoms with van der Waals surface area (Å²) in [5, 5.41) is 6.98. The molecule has 0 saturated carbocycles. The van der Waals surface area contributed by atoms with Crippen molar-refractivity contribution >= 4 is 17.2 Å². The van der Waals surface area contributed by atoms with E-state index in [1.54, 1.807) is 12.1 Å². The molecule has 0 unspecified atom stereocenters. The second-order valence-corrected chi connectivity index (χ2v) is 7.26. The van der Waals surface area contributed by atoms with Gasteiger partial charge >= 0.3 is 0 Å². The number of hydrogen-bond donors (Lipinski definition) is 1. The molecule has 1 aromatic carbocycles. The second kappa shape index (κ2) is 6.51. The molecule has 0 aliphatic heterocycles. The van der Waals surface area contributed by atoms with Crippen molar-refractivity contribution in [1.29, 1.82) is 0 Å². The van der Waals surface area contributed by atoms with E-state index in [4.69, 9.17) is 15.2 Å². The first-order valence-corrected chi connectivity index (χ1v) is 9.31. The minimum absolute atomic E-state index is 0.444. The average molecular weight is 378 g/mol. The van der Waals surface area contributed by atoms with Crippen molar-refractivity contribution in [3.8, 4) is 27.6 Å². The first kappa shape index (κ1) is 17.2. The zero-order valence-corrected chi connectivity index (χ0v) is 16.0. The highest BCUT2D eigenvalue weighted by Crippen LogP contribution is 2.33. The van der Waals surface area contributed by atoms with Crippen LogP contribution in [0.2, 0.25) is 0 Å². The van der Waals surface area contributed by atoms with Crippen LogP contribution in [0.5, 0.6) is 0 Å². The number of aromatic nitrogens is 3. The van der Waals surface area contributed by atoms with Crippen molar-refractivity contribution in [2.24, 2.45) is 5.73 Å². The van der Waals surface area contributed by atoms with Gasteiger partial charge in [-0.3, -0.25) is 9.36 Å². The highest BCUT2D eigenvalue weighted by Gasteiger charge is 2.17. The fourth-order valence-electron chi connectivity index (χ4n) is 3.17. The van der Waals surface area contributed by atoms with Gasteiger partial charge in [0.25, 0.3) is 0 Å². The number of aryl methyl sites for hydroxylation is 2. The molecular weight excluding hydrogens is 360 g/mol. The molecule has 0 atom stereocenters. The fourth-order valence-corrected chi connectivity index (χ4v) is 3.99. The molecule has 0 aliphatic carbocycles. The van der Waals surface area contributed by atoms with Crippen LogP contribution in [-0.4, -0.2) is 20.6 Å². The molecule has 0 bridgehead atoms. The summed E-state index contributed by atoms with van der Waals surface area (Å²) >= 11 is 1.54. The van der Waals surface area contributed by atoms with Gasteiger partial charge in [-0.05, 0) is 39.0 Å². The first-order chi connectivity index (χ1) is 12.9. The molecule has 4 aromatic rings. The van der Waals surface area contributed by atoms with Crippen LogP contribution >= 0.6 is 11.3 Å². The van der Waals surface area contributed by atoms with E-state index in [1.165, 1.54) is 11.3 Å². The lowest BCUT2D eigenvalue weighted by atomic mass is 10.1. The SMILES string of the molecule is Cc1cc(-n2c(C)cc(-c3csc(-c4cccc(C(N)=O)c4)n3)c2C)no1. The maximum Gasteiger partial charge on any atom is 0.248 e. The zero-order valence-electron chi connectivity index (χ0n) is 15.2. The Labute approximate surface area is 160 Å².